The number of hydrogen-bond donors (Lipinski definition) is 3. The van der Waals surface area contributed by atoms with E-state index < -0.39 is 0 Å². The number of amides is 2. The van der Waals surface area contributed by atoms with Gasteiger partial charge in [0.1, 0.15) is 12.1 Å². The summed E-state index contributed by atoms with van der Waals surface area (Å²) >= 11 is 0. The Morgan fingerprint density at radius 3 is 2.21 bits per heavy atom. The molecule has 0 aromatic heterocycles. The fourth-order valence-corrected chi connectivity index (χ4v) is 4.26. The van der Waals surface area contributed by atoms with E-state index in [9.17, 15) is 9.59 Å². The molecule has 2 atom stereocenters. The van der Waals surface area contributed by atoms with Gasteiger partial charge in [0.05, 0.1) is 18.8 Å². The van der Waals surface area contributed by atoms with Gasteiger partial charge in [0.25, 0.3) is 5.91 Å². The van der Waals surface area contributed by atoms with E-state index in [-0.39, 0.29) is 18.1 Å². The maximum atomic E-state index is 12.5. The summed E-state index contributed by atoms with van der Waals surface area (Å²) in [6.45, 7) is 11.3. The highest BCUT2D eigenvalue weighted by atomic mass is 16.5. The summed E-state index contributed by atoms with van der Waals surface area (Å²) in [5.41, 5.74) is 1.38. The summed E-state index contributed by atoms with van der Waals surface area (Å²) in [6, 6.07) is -0.0261. The molecule has 3 aliphatic rings. The van der Waals surface area contributed by atoms with Crippen LogP contribution in [0.5, 0.6) is 0 Å². The summed E-state index contributed by atoms with van der Waals surface area (Å²) in [6.07, 6.45) is 28.5. The van der Waals surface area contributed by atoms with Gasteiger partial charge < -0.3 is 30.4 Å². The molecule has 0 spiro atoms. The fraction of sp³-hybridized carbons (Fsp3) is 0.588. The topological polar surface area (TPSA) is 112 Å². The van der Waals surface area contributed by atoms with Crippen molar-refractivity contribution in [2.24, 2.45) is 4.99 Å². The molecule has 2 amide bonds. The Bertz CT molecular complexity index is 933. The van der Waals surface area contributed by atoms with Crippen LogP contribution in [0.25, 0.3) is 0 Å². The first-order valence-corrected chi connectivity index (χ1v) is 15.8. The Balaban J connectivity index is 0.000000958. The summed E-state index contributed by atoms with van der Waals surface area (Å²) in [5.74, 6) is 0.604. The lowest BCUT2D eigenvalue weighted by Gasteiger charge is -2.26. The lowest BCUT2D eigenvalue weighted by molar-refractivity contribution is -0.118. The Kier molecular flexibility index (Phi) is 25.2. The van der Waals surface area contributed by atoms with Crippen molar-refractivity contribution in [3.8, 4) is 0 Å². The second-order valence-corrected chi connectivity index (χ2v) is 10.2. The zero-order chi connectivity index (χ0) is 32.1. The first-order chi connectivity index (χ1) is 20.9. The highest BCUT2D eigenvalue weighted by molar-refractivity contribution is 5.97. The zero-order valence-electron chi connectivity index (χ0n) is 27.4. The second-order valence-electron chi connectivity index (χ2n) is 10.2. The molecule has 3 N–H and O–H groups in total. The van der Waals surface area contributed by atoms with E-state index in [1.54, 1.807) is 37.3 Å². The van der Waals surface area contributed by atoms with Gasteiger partial charge in [-0.25, -0.2) is 0 Å². The number of methoxy groups -OCH3 is 1. The summed E-state index contributed by atoms with van der Waals surface area (Å²) in [4.78, 5) is 38.6. The number of amidine groups is 1. The third-order valence-corrected chi connectivity index (χ3v) is 6.51. The molecular weight excluding hydrogens is 542 g/mol. The molecule has 0 aromatic rings. The number of nitrogens with one attached hydrogen (secondary N) is 3. The van der Waals surface area contributed by atoms with Gasteiger partial charge >= 0.3 is 0 Å². The Morgan fingerprint density at radius 2 is 1.74 bits per heavy atom. The monoisotopic (exact) mass is 599 g/mol. The molecule has 0 bridgehead atoms. The molecule has 2 aliphatic carbocycles. The van der Waals surface area contributed by atoms with Crippen LogP contribution in [0, 0.1) is 0 Å². The van der Waals surface area contributed by atoms with E-state index in [2.05, 4.69) is 27.9 Å². The van der Waals surface area contributed by atoms with Gasteiger partial charge in [-0.15, -0.1) is 0 Å². The van der Waals surface area contributed by atoms with Crippen LogP contribution < -0.4 is 16.0 Å². The average molecular weight is 600 g/mol. The van der Waals surface area contributed by atoms with Crippen LogP contribution in [0.15, 0.2) is 65.0 Å². The van der Waals surface area contributed by atoms with Gasteiger partial charge in [-0.3, -0.25) is 14.6 Å². The highest BCUT2D eigenvalue weighted by Gasteiger charge is 2.15. The largest absolute Gasteiger partial charge is 0.385 e. The maximum absolute atomic E-state index is 12.5. The van der Waals surface area contributed by atoms with Gasteiger partial charge in [0, 0.05) is 43.8 Å². The van der Waals surface area contributed by atoms with E-state index in [1.165, 1.54) is 58.3 Å². The maximum Gasteiger partial charge on any atom is 0.251 e. The molecule has 0 aromatic carbocycles. The van der Waals surface area contributed by atoms with Crippen molar-refractivity contribution in [1.82, 2.24) is 20.9 Å². The summed E-state index contributed by atoms with van der Waals surface area (Å²) in [5, 5.41) is 9.39. The van der Waals surface area contributed by atoms with E-state index in [4.69, 9.17) is 9.53 Å². The minimum absolute atomic E-state index is 0.0261. The van der Waals surface area contributed by atoms with Gasteiger partial charge in [-0.2, -0.15) is 0 Å². The highest BCUT2D eigenvalue weighted by Crippen LogP contribution is 2.15. The number of aldehydes is 1. The number of nitrogens with zero attached hydrogens (tertiary/aromatic N) is 2. The number of rotatable bonds is 11. The third kappa shape index (κ3) is 20.1. The molecular formula is C34H57N5O4. The second kappa shape index (κ2) is 27.4. The molecule has 1 heterocycles. The Hall–Kier alpha value is -3.46. The quantitative estimate of drug-likeness (QED) is 0.121. The van der Waals surface area contributed by atoms with Crippen LogP contribution in [0.1, 0.15) is 92.4 Å². The molecule has 2 unspecified atom stereocenters. The van der Waals surface area contributed by atoms with Crippen LogP contribution in [0.4, 0.5) is 0 Å². The van der Waals surface area contributed by atoms with E-state index in [0.29, 0.717) is 18.7 Å². The molecule has 9 heteroatoms. The summed E-state index contributed by atoms with van der Waals surface area (Å²) < 4.78 is 4.78. The van der Waals surface area contributed by atoms with Crippen molar-refractivity contribution in [2.45, 2.75) is 105 Å². The fourth-order valence-electron chi connectivity index (χ4n) is 4.26. The molecule has 3 rings (SSSR count). The van der Waals surface area contributed by atoms with Gasteiger partial charge in [0.15, 0.2) is 0 Å². The number of hydrogen-bond acceptors (Lipinski definition) is 6. The van der Waals surface area contributed by atoms with Crippen molar-refractivity contribution in [1.29, 1.82) is 0 Å². The standard InChI is InChI=1S/C21H29N5O2.C6H12.C5H12O.C2H4O/c1-4-17(11-12-26(15-27)19-9-7-6-8-10-19)21(28)23-14-18-13-20(22-5-2)25-16(3)24-18;1-2-4-6-5-3-1;1-3-4-5-6-2;1-2-3/h4,6-9,11-13,15-16,19,24H,5,10,14H2,1-3H3,(H,22,25)(H,23,28);1-6H2;3-5H2,1-2H3;2H,1H3/b12-11-,17-4+;;;. The molecule has 1 saturated carbocycles. The van der Waals surface area contributed by atoms with Crippen molar-refractivity contribution >= 4 is 24.4 Å². The smallest absolute Gasteiger partial charge is 0.251 e. The Morgan fingerprint density at radius 1 is 1.09 bits per heavy atom. The third-order valence-electron chi connectivity index (χ3n) is 6.51. The lowest BCUT2D eigenvalue weighted by atomic mass is 10.0. The molecule has 242 valence electrons. The minimum Gasteiger partial charge on any atom is -0.385 e. The normalized spacial score (nSPS) is 20.0. The number of aliphatic imine (C=N–C) groups is 1. The molecule has 1 fully saturated rings. The predicted molar refractivity (Wildman–Crippen MR) is 179 cm³/mol. The molecule has 0 saturated heterocycles. The number of unbranched alkanes of at least 4 members (excludes halogenated alkanes) is 1. The van der Waals surface area contributed by atoms with E-state index >= 15 is 0 Å². The van der Waals surface area contributed by atoms with Crippen molar-refractivity contribution < 1.29 is 19.1 Å². The van der Waals surface area contributed by atoms with Gasteiger partial charge in [-0.1, -0.05) is 82.2 Å². The van der Waals surface area contributed by atoms with Crippen LogP contribution in [0.3, 0.4) is 0 Å². The predicted octanol–water partition coefficient (Wildman–Crippen LogP) is 5.73. The zero-order valence-corrected chi connectivity index (χ0v) is 27.4. The minimum atomic E-state index is -0.202. The lowest BCUT2D eigenvalue weighted by Crippen LogP contribution is -2.48. The van der Waals surface area contributed by atoms with Crippen LogP contribution in [-0.4, -0.2) is 68.4 Å². The summed E-state index contributed by atoms with van der Waals surface area (Å²) in [7, 11) is 1.73. The molecule has 1 aliphatic heterocycles. The van der Waals surface area contributed by atoms with Gasteiger partial charge in [0.2, 0.25) is 6.41 Å². The number of allylic oxidation sites excluding steroid dienone is 3. The number of ether oxygens (including phenoxy) is 1. The molecule has 9 nitrogen and oxygen atoms in total. The van der Waals surface area contributed by atoms with E-state index in [1.807, 2.05) is 44.2 Å². The Labute approximate surface area is 260 Å². The van der Waals surface area contributed by atoms with Crippen LogP contribution in [-0.2, 0) is 19.1 Å². The number of carbonyl (C=O) groups is 3. The SMILES string of the molecule is C/C=C(\C=C/N(C=O)C1C=CC=CC1)C(=O)NCC1=CC(=NCC)NC(C)N1.C1CCCCC1.CC=O.CCCCOC. The first kappa shape index (κ1) is 39.5. The number of carbonyl (C=O) groups excluding carboxylic acids is 3. The van der Waals surface area contributed by atoms with E-state index in [0.717, 1.165) is 37.3 Å². The molecule has 0 radical (unpaired) electrons. The average Bonchev–Trinajstić information content (AvgIpc) is 3.03. The van der Waals surface area contributed by atoms with Crippen molar-refractivity contribution in [3.05, 3.63) is 60.0 Å². The van der Waals surface area contributed by atoms with Crippen molar-refractivity contribution in [3.63, 3.8) is 0 Å². The molecule has 43 heavy (non-hydrogen) atoms. The van der Waals surface area contributed by atoms with Crippen molar-refractivity contribution in [2.75, 3.05) is 26.8 Å². The van der Waals surface area contributed by atoms with Gasteiger partial charge in [-0.05, 0) is 46.6 Å². The van der Waals surface area contributed by atoms with Crippen LogP contribution in [0.2, 0.25) is 0 Å². The first-order valence-electron chi connectivity index (χ1n) is 15.8. The van der Waals surface area contributed by atoms with Crippen LogP contribution >= 0.6 is 0 Å².